The summed E-state index contributed by atoms with van der Waals surface area (Å²) < 4.78 is 0.802. The Morgan fingerprint density at radius 2 is 2.39 bits per heavy atom. The zero-order valence-electron chi connectivity index (χ0n) is 10.0. The molecule has 1 heterocycles. The second-order valence-corrected chi connectivity index (χ2v) is 5.73. The highest BCUT2D eigenvalue weighted by atomic mass is 79.9. The Morgan fingerprint density at radius 1 is 1.56 bits per heavy atom. The van der Waals surface area contributed by atoms with Gasteiger partial charge >= 0.3 is 0 Å². The van der Waals surface area contributed by atoms with Gasteiger partial charge in [0, 0.05) is 22.6 Å². The molecule has 1 fully saturated rings. The first-order chi connectivity index (χ1) is 8.66. The number of amides is 1. The van der Waals surface area contributed by atoms with E-state index in [2.05, 4.69) is 26.6 Å². The van der Waals surface area contributed by atoms with Gasteiger partial charge in [-0.05, 0) is 59.9 Å². The lowest BCUT2D eigenvalue weighted by Crippen LogP contribution is -2.30. The smallest absolute Gasteiger partial charge is 0.251 e. The Bertz CT molecular complexity index is 433. The molecule has 1 aromatic carbocycles. The van der Waals surface area contributed by atoms with Crippen LogP contribution in [-0.2, 0) is 0 Å². The van der Waals surface area contributed by atoms with Crippen molar-refractivity contribution in [1.29, 1.82) is 0 Å². The summed E-state index contributed by atoms with van der Waals surface area (Å²) in [6.45, 7) is 1.80. The van der Waals surface area contributed by atoms with Crippen molar-refractivity contribution < 1.29 is 4.79 Å². The molecule has 0 aliphatic carbocycles. The van der Waals surface area contributed by atoms with E-state index < -0.39 is 0 Å². The lowest BCUT2D eigenvalue weighted by atomic mass is 10.1. The minimum Gasteiger partial charge on any atom is -0.352 e. The van der Waals surface area contributed by atoms with Crippen molar-refractivity contribution in [2.75, 3.05) is 13.1 Å². The molecule has 0 bridgehead atoms. The predicted octanol–water partition coefficient (Wildman–Crippen LogP) is 2.97. The topological polar surface area (TPSA) is 41.1 Å². The van der Waals surface area contributed by atoms with E-state index in [-0.39, 0.29) is 5.91 Å². The maximum absolute atomic E-state index is 11.9. The van der Waals surface area contributed by atoms with Gasteiger partial charge in [-0.1, -0.05) is 11.6 Å². The summed E-state index contributed by atoms with van der Waals surface area (Å²) in [7, 11) is 0. The lowest BCUT2D eigenvalue weighted by molar-refractivity contribution is 0.0952. The molecule has 0 radical (unpaired) electrons. The Labute approximate surface area is 120 Å². The highest BCUT2D eigenvalue weighted by Gasteiger charge is 2.14. The third-order valence-corrected chi connectivity index (χ3v) is 4.36. The van der Waals surface area contributed by atoms with Crippen molar-refractivity contribution in [3.63, 3.8) is 0 Å². The Balaban J connectivity index is 1.81. The van der Waals surface area contributed by atoms with E-state index >= 15 is 0 Å². The molecule has 18 heavy (non-hydrogen) atoms. The minimum absolute atomic E-state index is 0.0672. The van der Waals surface area contributed by atoms with Gasteiger partial charge in [0.1, 0.15) is 0 Å². The maximum Gasteiger partial charge on any atom is 0.251 e. The van der Waals surface area contributed by atoms with Gasteiger partial charge in [-0.3, -0.25) is 4.79 Å². The fraction of sp³-hybridized carbons (Fsp3) is 0.462. The van der Waals surface area contributed by atoms with Crippen LogP contribution in [0.5, 0.6) is 0 Å². The SMILES string of the molecule is O=C(NCC[C@H]1CCCN1)c1ccc(Br)c(Cl)c1. The lowest BCUT2D eigenvalue weighted by Gasteiger charge is -2.11. The van der Waals surface area contributed by atoms with E-state index in [1.165, 1.54) is 12.8 Å². The molecule has 1 amide bonds. The number of carbonyl (C=O) groups is 1. The standard InChI is InChI=1S/C13H16BrClN2O/c14-11-4-3-9(8-12(11)15)13(18)17-7-5-10-2-1-6-16-10/h3-4,8,10,16H,1-2,5-7H2,(H,17,18)/t10-/m1/s1. The van der Waals surface area contributed by atoms with E-state index in [1.807, 2.05) is 0 Å². The van der Waals surface area contributed by atoms with Crippen LogP contribution in [0.1, 0.15) is 29.6 Å². The summed E-state index contributed by atoms with van der Waals surface area (Å²) in [6.07, 6.45) is 3.43. The van der Waals surface area contributed by atoms with Crippen molar-refractivity contribution in [2.45, 2.75) is 25.3 Å². The second kappa shape index (κ2) is 6.55. The highest BCUT2D eigenvalue weighted by Crippen LogP contribution is 2.23. The first kappa shape index (κ1) is 13.8. The van der Waals surface area contributed by atoms with Gasteiger partial charge in [-0.25, -0.2) is 0 Å². The summed E-state index contributed by atoms with van der Waals surface area (Å²) in [5, 5.41) is 6.88. The number of benzene rings is 1. The Kier molecular flexibility index (Phi) is 5.03. The molecule has 2 N–H and O–H groups in total. The first-order valence-corrected chi connectivity index (χ1v) is 7.30. The highest BCUT2D eigenvalue weighted by molar-refractivity contribution is 9.10. The molecular weight excluding hydrogens is 316 g/mol. The fourth-order valence-corrected chi connectivity index (χ4v) is 2.53. The molecule has 98 valence electrons. The van der Waals surface area contributed by atoms with E-state index in [0.717, 1.165) is 17.4 Å². The maximum atomic E-state index is 11.9. The zero-order valence-corrected chi connectivity index (χ0v) is 12.4. The summed E-state index contributed by atoms with van der Waals surface area (Å²) in [4.78, 5) is 11.9. The molecule has 1 saturated heterocycles. The molecule has 1 aliphatic heterocycles. The second-order valence-electron chi connectivity index (χ2n) is 4.47. The number of nitrogens with one attached hydrogen (secondary N) is 2. The number of hydrogen-bond donors (Lipinski definition) is 2. The molecule has 0 saturated carbocycles. The van der Waals surface area contributed by atoms with Crippen LogP contribution in [0.2, 0.25) is 5.02 Å². The average Bonchev–Trinajstić information content (AvgIpc) is 2.85. The quantitative estimate of drug-likeness (QED) is 0.890. The van der Waals surface area contributed by atoms with Crippen LogP contribution in [-0.4, -0.2) is 25.0 Å². The van der Waals surface area contributed by atoms with Gasteiger partial charge in [-0.15, -0.1) is 0 Å². The van der Waals surface area contributed by atoms with Crippen molar-refractivity contribution in [2.24, 2.45) is 0 Å². The first-order valence-electron chi connectivity index (χ1n) is 6.13. The van der Waals surface area contributed by atoms with Crippen LogP contribution < -0.4 is 10.6 Å². The molecule has 1 atom stereocenters. The van der Waals surface area contributed by atoms with Crippen molar-refractivity contribution in [3.05, 3.63) is 33.3 Å². The molecular formula is C13H16BrClN2O. The van der Waals surface area contributed by atoms with Crippen molar-refractivity contribution in [3.8, 4) is 0 Å². The number of hydrogen-bond acceptors (Lipinski definition) is 2. The van der Waals surface area contributed by atoms with Crippen LogP contribution in [0.3, 0.4) is 0 Å². The Hall–Kier alpha value is -0.580. The minimum atomic E-state index is -0.0672. The fourth-order valence-electron chi connectivity index (χ4n) is 2.10. The molecule has 0 spiro atoms. The molecule has 3 nitrogen and oxygen atoms in total. The molecule has 0 aromatic heterocycles. The van der Waals surface area contributed by atoms with Crippen molar-refractivity contribution in [1.82, 2.24) is 10.6 Å². The van der Waals surface area contributed by atoms with Crippen LogP contribution in [0.25, 0.3) is 0 Å². The molecule has 1 aliphatic rings. The van der Waals surface area contributed by atoms with Gasteiger partial charge in [0.25, 0.3) is 5.91 Å². The molecule has 5 heteroatoms. The number of carbonyl (C=O) groups excluding carboxylic acids is 1. The number of rotatable bonds is 4. The average molecular weight is 332 g/mol. The van der Waals surface area contributed by atoms with E-state index in [9.17, 15) is 4.79 Å². The van der Waals surface area contributed by atoms with Gasteiger partial charge in [0.05, 0.1) is 5.02 Å². The van der Waals surface area contributed by atoms with E-state index in [1.54, 1.807) is 18.2 Å². The van der Waals surface area contributed by atoms with Gasteiger partial charge in [-0.2, -0.15) is 0 Å². The summed E-state index contributed by atoms with van der Waals surface area (Å²) in [5.74, 6) is -0.0672. The summed E-state index contributed by atoms with van der Waals surface area (Å²) in [5.41, 5.74) is 0.600. The molecule has 1 aromatic rings. The Morgan fingerprint density at radius 3 is 3.06 bits per heavy atom. The predicted molar refractivity (Wildman–Crippen MR) is 77.1 cm³/mol. The largest absolute Gasteiger partial charge is 0.352 e. The van der Waals surface area contributed by atoms with Gasteiger partial charge < -0.3 is 10.6 Å². The summed E-state index contributed by atoms with van der Waals surface area (Å²) in [6, 6.07) is 5.78. The van der Waals surface area contributed by atoms with Crippen LogP contribution in [0, 0.1) is 0 Å². The van der Waals surface area contributed by atoms with Crippen molar-refractivity contribution >= 4 is 33.4 Å². The third-order valence-electron chi connectivity index (χ3n) is 3.12. The van der Waals surface area contributed by atoms with Crippen LogP contribution in [0.15, 0.2) is 22.7 Å². The molecule has 2 rings (SSSR count). The van der Waals surface area contributed by atoms with Crippen LogP contribution in [0.4, 0.5) is 0 Å². The number of halogens is 2. The molecule has 0 unspecified atom stereocenters. The summed E-state index contributed by atoms with van der Waals surface area (Å²) >= 11 is 9.26. The zero-order chi connectivity index (χ0) is 13.0. The van der Waals surface area contributed by atoms with Gasteiger partial charge in [0.15, 0.2) is 0 Å². The van der Waals surface area contributed by atoms with E-state index in [4.69, 9.17) is 11.6 Å². The van der Waals surface area contributed by atoms with E-state index in [0.29, 0.717) is 23.2 Å². The normalized spacial score (nSPS) is 18.9. The third kappa shape index (κ3) is 3.70. The van der Waals surface area contributed by atoms with Gasteiger partial charge in [0.2, 0.25) is 0 Å². The monoisotopic (exact) mass is 330 g/mol. The van der Waals surface area contributed by atoms with Crippen LogP contribution >= 0.6 is 27.5 Å².